The van der Waals surface area contributed by atoms with E-state index >= 15 is 0 Å². The highest BCUT2D eigenvalue weighted by molar-refractivity contribution is 7.13. The van der Waals surface area contributed by atoms with Crippen molar-refractivity contribution in [3.63, 3.8) is 0 Å². The van der Waals surface area contributed by atoms with Gasteiger partial charge in [0.05, 0.1) is 24.0 Å². The molecule has 3 aromatic heterocycles. The maximum absolute atomic E-state index is 12.7. The fourth-order valence-corrected chi connectivity index (χ4v) is 3.46. The molecule has 170 valence electrons. The van der Waals surface area contributed by atoms with Crippen molar-refractivity contribution in [1.82, 2.24) is 40.8 Å². The molecule has 0 aliphatic heterocycles. The molecule has 0 saturated carbocycles. The first-order valence-electron chi connectivity index (χ1n) is 9.51. The van der Waals surface area contributed by atoms with Gasteiger partial charge in [0.1, 0.15) is 5.01 Å². The maximum atomic E-state index is 12.7. The van der Waals surface area contributed by atoms with Gasteiger partial charge in [0.2, 0.25) is 5.01 Å². The Kier molecular flexibility index (Phi) is 7.45. The molecule has 32 heavy (non-hydrogen) atoms. The van der Waals surface area contributed by atoms with E-state index in [1.807, 2.05) is 0 Å². The second-order valence-corrected chi connectivity index (χ2v) is 7.68. The van der Waals surface area contributed by atoms with Crippen LogP contribution in [0.3, 0.4) is 0 Å². The number of carbonyl (C=O) groups excluding carboxylic acids is 2. The van der Waals surface area contributed by atoms with Crippen LogP contribution < -0.4 is 10.6 Å². The van der Waals surface area contributed by atoms with Crippen molar-refractivity contribution in [2.24, 2.45) is 0 Å². The minimum atomic E-state index is -4.48. The molecule has 3 rings (SSSR count). The highest BCUT2D eigenvalue weighted by Gasteiger charge is 2.30. The normalized spacial score (nSPS) is 11.4. The molecule has 0 aromatic carbocycles. The van der Waals surface area contributed by atoms with Crippen molar-refractivity contribution >= 4 is 23.2 Å². The number of pyridine rings is 1. The largest absolute Gasteiger partial charge is 0.416 e. The first kappa shape index (κ1) is 23.2. The lowest BCUT2D eigenvalue weighted by atomic mass is 10.2. The van der Waals surface area contributed by atoms with Crippen LogP contribution in [0.5, 0.6) is 0 Å². The summed E-state index contributed by atoms with van der Waals surface area (Å²) in [7, 11) is 1.53. The number of nitrogens with one attached hydrogen (secondary N) is 2. The zero-order valence-corrected chi connectivity index (χ0v) is 17.7. The van der Waals surface area contributed by atoms with Gasteiger partial charge in [-0.25, -0.2) is 0 Å². The standard InChI is InChI=1S/C18H19F3N8O2S/c1-22-16(31)17-27-26-14(32-17)4-2-3-7-29-10-13(25-28-29)15(30)24-9-12-8-11(5-6-23-12)18(19,20)21/h5-6,8,10H,2-4,7,9H2,1H3,(H,22,31)(H,24,30). The SMILES string of the molecule is CNC(=O)c1nnc(CCCCn2cc(C(=O)NCc3cc(C(F)(F)F)ccn3)nn2)s1. The Labute approximate surface area is 184 Å². The number of rotatable bonds is 9. The number of alkyl halides is 3. The van der Waals surface area contributed by atoms with Gasteiger partial charge < -0.3 is 10.6 Å². The third-order valence-electron chi connectivity index (χ3n) is 4.26. The number of hydrogen-bond acceptors (Lipinski definition) is 8. The van der Waals surface area contributed by atoms with E-state index in [1.54, 1.807) is 0 Å². The van der Waals surface area contributed by atoms with Crippen LogP contribution in [0.15, 0.2) is 24.5 Å². The van der Waals surface area contributed by atoms with Crippen LogP contribution in [-0.4, -0.2) is 49.0 Å². The quantitative estimate of drug-likeness (QED) is 0.459. The van der Waals surface area contributed by atoms with Crippen molar-refractivity contribution in [1.29, 1.82) is 0 Å². The number of amides is 2. The van der Waals surface area contributed by atoms with Crippen LogP contribution in [0.4, 0.5) is 13.2 Å². The summed E-state index contributed by atoms with van der Waals surface area (Å²) in [6, 6.07) is 1.75. The Morgan fingerprint density at radius 2 is 1.97 bits per heavy atom. The van der Waals surface area contributed by atoms with Crippen molar-refractivity contribution < 1.29 is 22.8 Å². The van der Waals surface area contributed by atoms with E-state index in [1.165, 1.54) is 29.3 Å². The van der Waals surface area contributed by atoms with Gasteiger partial charge in [-0.05, 0) is 25.0 Å². The number of halogens is 3. The third kappa shape index (κ3) is 6.29. The molecule has 0 aliphatic rings. The van der Waals surface area contributed by atoms with E-state index in [-0.39, 0.29) is 23.8 Å². The van der Waals surface area contributed by atoms with Crippen LogP contribution in [-0.2, 0) is 25.7 Å². The van der Waals surface area contributed by atoms with E-state index in [2.05, 4.69) is 36.1 Å². The average Bonchev–Trinajstić information content (AvgIpc) is 3.44. The maximum Gasteiger partial charge on any atom is 0.416 e. The molecule has 0 spiro atoms. The third-order valence-corrected chi connectivity index (χ3v) is 5.24. The van der Waals surface area contributed by atoms with Gasteiger partial charge in [0.25, 0.3) is 11.8 Å². The van der Waals surface area contributed by atoms with Gasteiger partial charge in [-0.2, -0.15) is 13.2 Å². The second-order valence-electron chi connectivity index (χ2n) is 6.62. The minimum Gasteiger partial charge on any atom is -0.353 e. The number of hydrogen-bond donors (Lipinski definition) is 2. The summed E-state index contributed by atoms with van der Waals surface area (Å²) in [5.41, 5.74) is -0.700. The van der Waals surface area contributed by atoms with Gasteiger partial charge in [-0.3, -0.25) is 19.3 Å². The molecule has 0 aliphatic carbocycles. The fourth-order valence-electron chi connectivity index (χ4n) is 2.63. The van der Waals surface area contributed by atoms with Crippen LogP contribution in [0.1, 0.15) is 49.4 Å². The first-order valence-corrected chi connectivity index (χ1v) is 10.3. The minimum absolute atomic E-state index is 0.0521. The van der Waals surface area contributed by atoms with Crippen molar-refractivity contribution in [2.75, 3.05) is 7.05 Å². The van der Waals surface area contributed by atoms with E-state index in [4.69, 9.17) is 0 Å². The summed E-state index contributed by atoms with van der Waals surface area (Å²) in [5, 5.41) is 21.5. The Bertz CT molecular complexity index is 1080. The lowest BCUT2D eigenvalue weighted by Crippen LogP contribution is -2.24. The summed E-state index contributed by atoms with van der Waals surface area (Å²) >= 11 is 1.24. The molecule has 0 radical (unpaired) electrons. The average molecular weight is 468 g/mol. The number of nitrogens with zero attached hydrogens (tertiary/aromatic N) is 6. The molecule has 14 heteroatoms. The van der Waals surface area contributed by atoms with Crippen LogP contribution in [0.2, 0.25) is 0 Å². The summed E-state index contributed by atoms with van der Waals surface area (Å²) in [6.07, 6.45) is 0.178. The topological polar surface area (TPSA) is 128 Å². The Hall–Kier alpha value is -3.42. The molecule has 10 nitrogen and oxygen atoms in total. The van der Waals surface area contributed by atoms with Crippen molar-refractivity contribution in [2.45, 2.75) is 38.5 Å². The van der Waals surface area contributed by atoms with E-state index in [0.29, 0.717) is 18.0 Å². The fraction of sp³-hybridized carbons (Fsp3) is 0.389. The molecule has 0 atom stereocenters. The molecule has 0 fully saturated rings. The Morgan fingerprint density at radius 3 is 2.72 bits per heavy atom. The molecular weight excluding hydrogens is 449 g/mol. The van der Waals surface area contributed by atoms with Gasteiger partial charge in [-0.1, -0.05) is 16.6 Å². The predicted molar refractivity (Wildman–Crippen MR) is 107 cm³/mol. The van der Waals surface area contributed by atoms with Crippen molar-refractivity contribution in [3.05, 3.63) is 51.5 Å². The molecular formula is C18H19F3N8O2S. The van der Waals surface area contributed by atoms with Crippen LogP contribution in [0.25, 0.3) is 0 Å². The number of aryl methyl sites for hydroxylation is 2. The summed E-state index contributed by atoms with van der Waals surface area (Å²) < 4.78 is 39.8. The lowest BCUT2D eigenvalue weighted by molar-refractivity contribution is -0.137. The van der Waals surface area contributed by atoms with Gasteiger partial charge in [-0.15, -0.1) is 15.3 Å². The smallest absolute Gasteiger partial charge is 0.353 e. The molecule has 3 aromatic rings. The molecule has 0 unspecified atom stereocenters. The molecule has 2 amide bonds. The van der Waals surface area contributed by atoms with E-state index < -0.39 is 17.6 Å². The predicted octanol–water partition coefficient (Wildman–Crippen LogP) is 1.86. The van der Waals surface area contributed by atoms with E-state index in [9.17, 15) is 22.8 Å². The molecule has 0 saturated heterocycles. The number of carbonyl (C=O) groups is 2. The summed E-state index contributed by atoms with van der Waals surface area (Å²) in [5.74, 6) is -0.836. The Balaban J connectivity index is 1.43. The monoisotopic (exact) mass is 468 g/mol. The number of aromatic nitrogens is 6. The Morgan fingerprint density at radius 1 is 1.16 bits per heavy atom. The first-order chi connectivity index (χ1) is 15.3. The zero-order valence-electron chi connectivity index (χ0n) is 16.9. The highest BCUT2D eigenvalue weighted by Crippen LogP contribution is 2.28. The zero-order chi connectivity index (χ0) is 23.1. The molecule has 3 heterocycles. The lowest BCUT2D eigenvalue weighted by Gasteiger charge is -2.08. The van der Waals surface area contributed by atoms with Gasteiger partial charge in [0, 0.05) is 26.2 Å². The van der Waals surface area contributed by atoms with Crippen molar-refractivity contribution in [3.8, 4) is 0 Å². The van der Waals surface area contributed by atoms with Crippen LogP contribution in [0, 0.1) is 0 Å². The highest BCUT2D eigenvalue weighted by atomic mass is 32.1. The van der Waals surface area contributed by atoms with Crippen LogP contribution >= 0.6 is 11.3 Å². The van der Waals surface area contributed by atoms with Gasteiger partial charge in [0.15, 0.2) is 5.69 Å². The molecule has 2 N–H and O–H groups in total. The second kappa shape index (κ2) is 10.3. The van der Waals surface area contributed by atoms with Gasteiger partial charge >= 0.3 is 6.18 Å². The molecule has 0 bridgehead atoms. The summed E-state index contributed by atoms with van der Waals surface area (Å²) in [6.45, 7) is 0.339. The number of unbranched alkanes of at least 4 members (excludes halogenated alkanes) is 1. The summed E-state index contributed by atoms with van der Waals surface area (Å²) in [4.78, 5) is 27.5. The van der Waals surface area contributed by atoms with E-state index in [0.717, 1.165) is 36.2 Å².